The number of nitrogens with zero attached hydrogens (tertiary/aromatic N) is 1. The van der Waals surface area contributed by atoms with Crippen molar-refractivity contribution in [2.75, 3.05) is 6.54 Å². The van der Waals surface area contributed by atoms with Gasteiger partial charge in [0.15, 0.2) is 0 Å². The van der Waals surface area contributed by atoms with Crippen LogP contribution in [-0.2, 0) is 0 Å². The van der Waals surface area contributed by atoms with Crippen molar-refractivity contribution in [3.05, 3.63) is 12.0 Å². The van der Waals surface area contributed by atoms with Gasteiger partial charge in [0, 0.05) is 18.4 Å². The average Bonchev–Trinajstić information content (AvgIpc) is 2.38. The van der Waals surface area contributed by atoms with Gasteiger partial charge in [-0.2, -0.15) is 0 Å². The van der Waals surface area contributed by atoms with Gasteiger partial charge in [0.2, 0.25) is 0 Å². The summed E-state index contributed by atoms with van der Waals surface area (Å²) in [4.78, 5) is 3.96. The molecule has 0 radical (unpaired) electrons. The zero-order valence-corrected chi connectivity index (χ0v) is 6.47. The zero-order chi connectivity index (χ0) is 7.61. The molecule has 2 N–H and O–H groups in total. The summed E-state index contributed by atoms with van der Waals surface area (Å²) in [6.45, 7) is 4.05. The minimum absolute atomic E-state index is 0.516. The van der Waals surface area contributed by atoms with Crippen LogP contribution < -0.4 is 0 Å². The Morgan fingerprint density at radius 2 is 2.30 bits per heavy atom. The van der Waals surface area contributed by atoms with Gasteiger partial charge >= 0.3 is 0 Å². The minimum Gasteiger partial charge on any atom is -0.290 e. The van der Waals surface area contributed by atoms with Crippen LogP contribution in [0.2, 0.25) is 0 Å². The van der Waals surface area contributed by atoms with E-state index in [9.17, 15) is 9.11 Å². The molecule has 10 heavy (non-hydrogen) atoms. The fraction of sp³-hybridized carbons (Fsp3) is 0.500. The Balaban J connectivity index is 2.71. The highest BCUT2D eigenvalue weighted by Gasteiger charge is 2.19. The molecule has 0 aromatic carbocycles. The monoisotopic (exact) mass is 161 g/mol. The molecular formula is C6H11NO2S. The molecule has 0 atom stereocenters. The lowest BCUT2D eigenvalue weighted by Gasteiger charge is -2.26. The summed E-state index contributed by atoms with van der Waals surface area (Å²) >= 11 is 0. The average molecular weight is 161 g/mol. The highest BCUT2D eigenvalue weighted by atomic mass is 32.3. The van der Waals surface area contributed by atoms with E-state index in [0.717, 1.165) is 13.0 Å². The fourth-order valence-electron chi connectivity index (χ4n) is 0.855. The molecule has 0 aromatic heterocycles. The molecule has 3 nitrogen and oxygen atoms in total. The normalized spacial score (nSPS) is 20.4. The van der Waals surface area contributed by atoms with Gasteiger partial charge in [-0.3, -0.25) is 14.1 Å². The molecule has 0 aliphatic carbocycles. The summed E-state index contributed by atoms with van der Waals surface area (Å²) in [7, 11) is -2.68. The summed E-state index contributed by atoms with van der Waals surface area (Å²) in [5.74, 6) is 0. The number of rotatable bonds is 1. The summed E-state index contributed by atoms with van der Waals surface area (Å²) in [5.41, 5.74) is 0. The quantitative estimate of drug-likeness (QED) is 0.618. The van der Waals surface area contributed by atoms with Crippen LogP contribution in [0.3, 0.4) is 0 Å². The zero-order valence-electron chi connectivity index (χ0n) is 5.66. The predicted octanol–water partition coefficient (Wildman–Crippen LogP) is 2.07. The molecule has 0 saturated carbocycles. The van der Waals surface area contributed by atoms with Crippen molar-refractivity contribution in [1.82, 2.24) is 0 Å². The standard InChI is InChI=1S/C6H11NO2S/c1-2-10(8,9)6-4-3-5-7-6/h2,8-9H,1,3-5H2. The van der Waals surface area contributed by atoms with Crippen LogP contribution in [0.1, 0.15) is 12.8 Å². The first-order valence-electron chi connectivity index (χ1n) is 3.11. The number of hydrogen-bond donors (Lipinski definition) is 2. The van der Waals surface area contributed by atoms with Crippen LogP contribution in [0.5, 0.6) is 0 Å². The maximum absolute atomic E-state index is 9.21. The van der Waals surface area contributed by atoms with Gasteiger partial charge in [0.25, 0.3) is 0 Å². The van der Waals surface area contributed by atoms with E-state index < -0.39 is 10.6 Å². The second-order valence-electron chi connectivity index (χ2n) is 2.14. The third-order valence-electron chi connectivity index (χ3n) is 1.42. The Bertz CT molecular complexity index is 177. The summed E-state index contributed by atoms with van der Waals surface area (Å²) in [6.07, 6.45) is 1.63. The van der Waals surface area contributed by atoms with Gasteiger partial charge in [0.05, 0.1) is 0 Å². The van der Waals surface area contributed by atoms with E-state index >= 15 is 0 Å². The van der Waals surface area contributed by atoms with Gasteiger partial charge in [-0.05, 0) is 6.42 Å². The third-order valence-corrected chi connectivity index (χ3v) is 2.91. The fourth-order valence-corrected chi connectivity index (χ4v) is 1.77. The molecule has 1 aliphatic heterocycles. The van der Waals surface area contributed by atoms with Gasteiger partial charge in [-0.25, -0.2) is 0 Å². The van der Waals surface area contributed by atoms with Crippen molar-refractivity contribution in [1.29, 1.82) is 0 Å². The molecule has 0 fully saturated rings. The van der Waals surface area contributed by atoms with Crippen molar-refractivity contribution in [2.45, 2.75) is 12.8 Å². The SMILES string of the molecule is C=CS(O)(O)C1=NCCC1. The van der Waals surface area contributed by atoms with E-state index in [1.165, 1.54) is 5.41 Å². The van der Waals surface area contributed by atoms with Crippen molar-refractivity contribution < 1.29 is 9.11 Å². The summed E-state index contributed by atoms with van der Waals surface area (Å²) in [6, 6.07) is 0. The van der Waals surface area contributed by atoms with Gasteiger partial charge < -0.3 is 0 Å². The minimum atomic E-state index is -2.68. The molecular weight excluding hydrogens is 150 g/mol. The number of hydrogen-bond acceptors (Lipinski definition) is 3. The molecule has 0 saturated heterocycles. The topological polar surface area (TPSA) is 52.8 Å². The second kappa shape index (κ2) is 2.74. The van der Waals surface area contributed by atoms with E-state index in [-0.39, 0.29) is 0 Å². The second-order valence-corrected chi connectivity index (χ2v) is 4.13. The first-order chi connectivity index (χ1) is 4.67. The molecule has 1 aliphatic rings. The van der Waals surface area contributed by atoms with Crippen molar-refractivity contribution in [2.24, 2.45) is 4.99 Å². The Morgan fingerprint density at radius 3 is 2.70 bits per heavy atom. The molecule has 0 amide bonds. The highest BCUT2D eigenvalue weighted by molar-refractivity contribution is 8.39. The molecule has 1 heterocycles. The van der Waals surface area contributed by atoms with Gasteiger partial charge in [-0.15, -0.1) is 10.6 Å². The summed E-state index contributed by atoms with van der Waals surface area (Å²) < 4.78 is 18.4. The third kappa shape index (κ3) is 1.39. The van der Waals surface area contributed by atoms with Crippen molar-refractivity contribution in [3.63, 3.8) is 0 Å². The van der Waals surface area contributed by atoms with E-state index in [1.54, 1.807) is 0 Å². The van der Waals surface area contributed by atoms with E-state index in [2.05, 4.69) is 11.6 Å². The van der Waals surface area contributed by atoms with Crippen LogP contribution in [0.25, 0.3) is 0 Å². The molecule has 1 rings (SSSR count). The molecule has 0 unspecified atom stereocenters. The van der Waals surface area contributed by atoms with E-state index in [0.29, 0.717) is 11.5 Å². The Morgan fingerprint density at radius 1 is 1.60 bits per heavy atom. The van der Waals surface area contributed by atoms with Crippen LogP contribution in [-0.4, -0.2) is 20.7 Å². The molecule has 58 valence electrons. The number of aliphatic imine (C=N–C) groups is 1. The molecule has 0 spiro atoms. The Kier molecular flexibility index (Phi) is 2.13. The smallest absolute Gasteiger partial charge is 0.122 e. The lowest BCUT2D eigenvalue weighted by molar-refractivity contribution is 0.515. The molecule has 0 aromatic rings. The van der Waals surface area contributed by atoms with Crippen LogP contribution >= 0.6 is 10.6 Å². The van der Waals surface area contributed by atoms with E-state index in [4.69, 9.17) is 0 Å². The molecule has 4 heteroatoms. The van der Waals surface area contributed by atoms with Crippen molar-refractivity contribution in [3.8, 4) is 0 Å². The maximum atomic E-state index is 9.21. The van der Waals surface area contributed by atoms with Gasteiger partial charge in [0.1, 0.15) is 5.04 Å². The maximum Gasteiger partial charge on any atom is 0.122 e. The first kappa shape index (κ1) is 7.78. The van der Waals surface area contributed by atoms with Crippen LogP contribution in [0.15, 0.2) is 17.0 Å². The van der Waals surface area contributed by atoms with Crippen LogP contribution in [0, 0.1) is 0 Å². The highest BCUT2D eigenvalue weighted by Crippen LogP contribution is 2.44. The lowest BCUT2D eigenvalue weighted by atomic mass is 10.4. The Labute approximate surface area is 61.8 Å². The lowest BCUT2D eigenvalue weighted by Crippen LogP contribution is -2.04. The van der Waals surface area contributed by atoms with E-state index in [1.807, 2.05) is 0 Å². The van der Waals surface area contributed by atoms with Crippen LogP contribution in [0.4, 0.5) is 0 Å². The van der Waals surface area contributed by atoms with Gasteiger partial charge in [-0.1, -0.05) is 6.58 Å². The first-order valence-corrected chi connectivity index (χ1v) is 4.72. The predicted molar refractivity (Wildman–Crippen MR) is 44.6 cm³/mol. The Hall–Kier alpha value is -0.320. The molecule has 0 bridgehead atoms. The van der Waals surface area contributed by atoms with Crippen molar-refractivity contribution >= 4 is 15.6 Å². The largest absolute Gasteiger partial charge is 0.290 e. The summed E-state index contributed by atoms with van der Waals surface area (Å²) in [5, 5.41) is 1.69.